The van der Waals surface area contributed by atoms with E-state index in [2.05, 4.69) is 4.98 Å². The van der Waals surface area contributed by atoms with Gasteiger partial charge in [0.05, 0.1) is 7.11 Å². The van der Waals surface area contributed by atoms with Crippen molar-refractivity contribution in [2.45, 2.75) is 25.9 Å². The van der Waals surface area contributed by atoms with Crippen LogP contribution in [0.15, 0.2) is 41.3 Å². The van der Waals surface area contributed by atoms with Gasteiger partial charge in [0.1, 0.15) is 17.5 Å². The zero-order valence-corrected chi connectivity index (χ0v) is 14.5. The quantitative estimate of drug-likeness (QED) is 0.926. The monoisotopic (exact) mass is 342 g/mol. The van der Waals surface area contributed by atoms with E-state index in [4.69, 9.17) is 9.47 Å². The van der Waals surface area contributed by atoms with Gasteiger partial charge in [-0.2, -0.15) is 0 Å². The molecule has 1 aliphatic heterocycles. The summed E-state index contributed by atoms with van der Waals surface area (Å²) >= 11 is 0. The largest absolute Gasteiger partial charge is 0.491 e. The first-order valence-electron chi connectivity index (χ1n) is 8.36. The minimum Gasteiger partial charge on any atom is -0.491 e. The van der Waals surface area contributed by atoms with Gasteiger partial charge in [0.15, 0.2) is 5.75 Å². The fourth-order valence-corrected chi connectivity index (χ4v) is 2.97. The number of hydrogen-bond donors (Lipinski definition) is 1. The number of rotatable bonds is 4. The molecule has 6 nitrogen and oxygen atoms in total. The molecule has 1 N–H and O–H groups in total. The molecule has 0 atom stereocenters. The molecule has 1 amide bonds. The molecule has 1 aromatic carbocycles. The van der Waals surface area contributed by atoms with Gasteiger partial charge in [-0.3, -0.25) is 9.59 Å². The Morgan fingerprint density at radius 1 is 1.24 bits per heavy atom. The van der Waals surface area contributed by atoms with Gasteiger partial charge < -0.3 is 19.4 Å². The van der Waals surface area contributed by atoms with E-state index in [1.807, 2.05) is 31.2 Å². The summed E-state index contributed by atoms with van der Waals surface area (Å²) in [7, 11) is 1.42. The summed E-state index contributed by atoms with van der Waals surface area (Å²) in [6.07, 6.45) is 3.05. The Bertz CT molecular complexity index is 807. The predicted molar refractivity (Wildman–Crippen MR) is 94.3 cm³/mol. The fourth-order valence-electron chi connectivity index (χ4n) is 2.97. The number of piperidine rings is 1. The molecule has 6 heteroatoms. The van der Waals surface area contributed by atoms with Crippen LogP contribution in [0, 0.1) is 6.92 Å². The maximum Gasteiger partial charge on any atom is 0.270 e. The number of ether oxygens (including phenoxy) is 2. The molecular formula is C19H22N2O4. The van der Waals surface area contributed by atoms with Gasteiger partial charge in [-0.15, -0.1) is 0 Å². The molecule has 132 valence electrons. The van der Waals surface area contributed by atoms with E-state index < -0.39 is 0 Å². The minimum absolute atomic E-state index is 0.0979. The molecule has 1 fully saturated rings. The third-order valence-corrected chi connectivity index (χ3v) is 4.35. The van der Waals surface area contributed by atoms with Crippen LogP contribution in [-0.4, -0.2) is 42.1 Å². The molecule has 0 bridgehead atoms. The molecule has 0 spiro atoms. The smallest absolute Gasteiger partial charge is 0.270 e. The molecule has 2 aromatic rings. The third kappa shape index (κ3) is 4.02. The van der Waals surface area contributed by atoms with E-state index in [1.54, 1.807) is 4.90 Å². The number of nitrogens with one attached hydrogen (secondary N) is 1. The van der Waals surface area contributed by atoms with E-state index in [0.29, 0.717) is 13.1 Å². The second-order valence-electron chi connectivity index (χ2n) is 6.21. The highest BCUT2D eigenvalue weighted by atomic mass is 16.5. The maximum absolute atomic E-state index is 12.5. The number of benzene rings is 1. The molecule has 25 heavy (non-hydrogen) atoms. The Morgan fingerprint density at radius 2 is 2.00 bits per heavy atom. The summed E-state index contributed by atoms with van der Waals surface area (Å²) in [5, 5.41) is 0. The Hall–Kier alpha value is -2.76. The van der Waals surface area contributed by atoms with Crippen LogP contribution in [0.5, 0.6) is 11.5 Å². The van der Waals surface area contributed by atoms with Crippen LogP contribution in [-0.2, 0) is 0 Å². The van der Waals surface area contributed by atoms with E-state index >= 15 is 0 Å². The van der Waals surface area contributed by atoms with Crippen LogP contribution in [0.25, 0.3) is 0 Å². The lowest BCUT2D eigenvalue weighted by Gasteiger charge is -2.32. The lowest BCUT2D eigenvalue weighted by atomic mass is 10.1. The molecule has 2 heterocycles. The Balaban J connectivity index is 1.59. The molecule has 0 radical (unpaired) electrons. The minimum atomic E-state index is -0.303. The fraction of sp³-hybridized carbons (Fsp3) is 0.368. The Kier molecular flexibility index (Phi) is 5.07. The Morgan fingerprint density at radius 3 is 2.64 bits per heavy atom. The summed E-state index contributed by atoms with van der Waals surface area (Å²) < 4.78 is 10.9. The van der Waals surface area contributed by atoms with Crippen LogP contribution in [0.2, 0.25) is 0 Å². The number of carbonyl (C=O) groups is 1. The molecule has 0 unspecified atom stereocenters. The first-order chi connectivity index (χ1) is 12.1. The maximum atomic E-state index is 12.5. The summed E-state index contributed by atoms with van der Waals surface area (Å²) in [5.74, 6) is 0.889. The normalized spacial score (nSPS) is 15.0. The number of pyridine rings is 1. The van der Waals surface area contributed by atoms with Crippen LogP contribution in [0.3, 0.4) is 0 Å². The van der Waals surface area contributed by atoms with Crippen LogP contribution in [0.1, 0.15) is 28.9 Å². The van der Waals surface area contributed by atoms with Crippen molar-refractivity contribution in [1.82, 2.24) is 9.88 Å². The third-order valence-electron chi connectivity index (χ3n) is 4.35. The van der Waals surface area contributed by atoms with E-state index in [-0.39, 0.29) is 28.9 Å². The number of nitrogens with zero attached hydrogens (tertiary/aromatic N) is 1. The number of aromatic amines is 1. The highest BCUT2D eigenvalue weighted by Crippen LogP contribution is 2.20. The topological polar surface area (TPSA) is 71.6 Å². The van der Waals surface area contributed by atoms with Crippen LogP contribution >= 0.6 is 0 Å². The number of carbonyl (C=O) groups excluding carboxylic acids is 1. The lowest BCUT2D eigenvalue weighted by molar-refractivity contribution is 0.0590. The number of amides is 1. The van der Waals surface area contributed by atoms with Crippen molar-refractivity contribution in [2.75, 3.05) is 20.2 Å². The second-order valence-corrected chi connectivity index (χ2v) is 6.21. The molecule has 1 aromatic heterocycles. The number of hydrogen-bond acceptors (Lipinski definition) is 4. The zero-order chi connectivity index (χ0) is 17.8. The van der Waals surface area contributed by atoms with Gasteiger partial charge in [-0.25, -0.2) is 0 Å². The number of aryl methyl sites for hydroxylation is 1. The van der Waals surface area contributed by atoms with Crippen molar-refractivity contribution >= 4 is 5.91 Å². The molecule has 3 rings (SSSR count). The molecular weight excluding hydrogens is 320 g/mol. The number of methoxy groups -OCH3 is 1. The van der Waals surface area contributed by atoms with Crippen molar-refractivity contribution < 1.29 is 14.3 Å². The average molecular weight is 342 g/mol. The number of likely N-dealkylation sites (tertiary alicyclic amines) is 1. The first-order valence-corrected chi connectivity index (χ1v) is 8.36. The van der Waals surface area contributed by atoms with Gasteiger partial charge in [0, 0.05) is 38.2 Å². The van der Waals surface area contributed by atoms with Gasteiger partial charge >= 0.3 is 0 Å². The molecule has 1 aliphatic rings. The highest BCUT2D eigenvalue weighted by Gasteiger charge is 2.25. The highest BCUT2D eigenvalue weighted by molar-refractivity contribution is 5.92. The van der Waals surface area contributed by atoms with Crippen molar-refractivity contribution in [3.8, 4) is 11.5 Å². The van der Waals surface area contributed by atoms with Gasteiger partial charge in [-0.05, 0) is 24.6 Å². The lowest BCUT2D eigenvalue weighted by Crippen LogP contribution is -2.42. The number of H-pyrrole nitrogens is 1. The van der Waals surface area contributed by atoms with Crippen LogP contribution < -0.4 is 14.9 Å². The molecule has 0 aliphatic carbocycles. The van der Waals surface area contributed by atoms with Crippen LogP contribution in [0.4, 0.5) is 0 Å². The standard InChI is InChI=1S/C19H22N2O4/c1-13-4-3-5-15(10-13)25-14-6-8-21(9-7-14)19(23)16-11-17(22)18(24-2)12-20-16/h3-5,10-12,14H,6-9H2,1-2H3,(H,20,22). The average Bonchev–Trinajstić information content (AvgIpc) is 2.62. The van der Waals surface area contributed by atoms with Gasteiger partial charge in [0.25, 0.3) is 5.91 Å². The predicted octanol–water partition coefficient (Wildman–Crippen LogP) is 2.38. The molecule has 0 saturated carbocycles. The van der Waals surface area contributed by atoms with Gasteiger partial charge in [-0.1, -0.05) is 12.1 Å². The molecule has 1 saturated heterocycles. The summed E-state index contributed by atoms with van der Waals surface area (Å²) in [6.45, 7) is 3.23. The van der Waals surface area contributed by atoms with E-state index in [1.165, 1.54) is 19.4 Å². The summed E-state index contributed by atoms with van der Waals surface area (Å²) in [5.41, 5.74) is 1.14. The van der Waals surface area contributed by atoms with Crippen molar-refractivity contribution in [1.29, 1.82) is 0 Å². The van der Waals surface area contributed by atoms with Crippen molar-refractivity contribution in [3.05, 3.63) is 58.0 Å². The zero-order valence-electron chi connectivity index (χ0n) is 14.5. The van der Waals surface area contributed by atoms with Gasteiger partial charge in [0.2, 0.25) is 5.43 Å². The number of aromatic nitrogens is 1. The second kappa shape index (κ2) is 7.42. The van der Waals surface area contributed by atoms with Crippen molar-refractivity contribution in [3.63, 3.8) is 0 Å². The SMILES string of the molecule is COc1c[nH]c(C(=O)N2CCC(Oc3cccc(C)c3)CC2)cc1=O. The summed E-state index contributed by atoms with van der Waals surface area (Å²) in [4.78, 5) is 28.9. The summed E-state index contributed by atoms with van der Waals surface area (Å²) in [6, 6.07) is 9.26. The Labute approximate surface area is 146 Å². The van der Waals surface area contributed by atoms with E-state index in [9.17, 15) is 9.59 Å². The van der Waals surface area contributed by atoms with Crippen molar-refractivity contribution in [2.24, 2.45) is 0 Å². The first kappa shape index (κ1) is 17.1. The van der Waals surface area contributed by atoms with E-state index in [0.717, 1.165) is 24.2 Å².